The van der Waals surface area contributed by atoms with Crippen LogP contribution in [0.2, 0.25) is 15.1 Å². The number of rotatable bonds is 3. The lowest BCUT2D eigenvalue weighted by atomic mass is 10.2. The summed E-state index contributed by atoms with van der Waals surface area (Å²) in [6.45, 7) is 0. The van der Waals surface area contributed by atoms with Crippen molar-refractivity contribution in [1.29, 1.82) is 0 Å². The number of amides is 2. The average molecular weight is 370 g/mol. The molecular formula is C16H11Cl3N2O2. The molecule has 0 saturated carbocycles. The zero-order chi connectivity index (χ0) is 16.6. The summed E-state index contributed by atoms with van der Waals surface area (Å²) in [5, 5.41) is 4.14. The number of carbonyl (C=O) groups is 2. The third kappa shape index (κ3) is 3.15. The van der Waals surface area contributed by atoms with Crippen LogP contribution in [0.15, 0.2) is 42.5 Å². The Bertz CT molecular complexity index is 795. The van der Waals surface area contributed by atoms with Crippen molar-refractivity contribution in [1.82, 2.24) is 0 Å². The Balaban J connectivity index is 1.85. The Morgan fingerprint density at radius 3 is 2.39 bits per heavy atom. The minimum atomic E-state index is -0.670. The summed E-state index contributed by atoms with van der Waals surface area (Å²) in [6, 6.07) is 11.0. The molecule has 7 heteroatoms. The number of hydrogen-bond acceptors (Lipinski definition) is 3. The van der Waals surface area contributed by atoms with E-state index in [1.165, 1.54) is 6.07 Å². The maximum absolute atomic E-state index is 12.6. The van der Waals surface area contributed by atoms with E-state index < -0.39 is 6.04 Å². The van der Waals surface area contributed by atoms with Crippen molar-refractivity contribution in [2.75, 3.05) is 10.2 Å². The van der Waals surface area contributed by atoms with Crippen LogP contribution in [-0.4, -0.2) is 17.9 Å². The topological polar surface area (TPSA) is 49.4 Å². The number of imide groups is 1. The fourth-order valence-electron chi connectivity index (χ4n) is 2.41. The molecular weight excluding hydrogens is 359 g/mol. The Hall–Kier alpha value is -1.75. The van der Waals surface area contributed by atoms with Gasteiger partial charge in [-0.05, 0) is 30.3 Å². The molecule has 0 aliphatic carbocycles. The van der Waals surface area contributed by atoms with Crippen LogP contribution in [0.3, 0.4) is 0 Å². The number of benzene rings is 2. The van der Waals surface area contributed by atoms with Crippen LogP contribution < -0.4 is 10.2 Å². The summed E-state index contributed by atoms with van der Waals surface area (Å²) < 4.78 is 0. The molecule has 1 aliphatic heterocycles. The average Bonchev–Trinajstić information content (AvgIpc) is 2.79. The van der Waals surface area contributed by atoms with Crippen molar-refractivity contribution < 1.29 is 9.59 Å². The molecule has 23 heavy (non-hydrogen) atoms. The van der Waals surface area contributed by atoms with Crippen LogP contribution in [0, 0.1) is 0 Å². The van der Waals surface area contributed by atoms with Crippen LogP contribution in [-0.2, 0) is 9.59 Å². The molecule has 0 unspecified atom stereocenters. The van der Waals surface area contributed by atoms with Crippen LogP contribution in [0.5, 0.6) is 0 Å². The first-order chi connectivity index (χ1) is 11.0. The lowest BCUT2D eigenvalue weighted by Gasteiger charge is -2.17. The highest BCUT2D eigenvalue weighted by Gasteiger charge is 2.39. The van der Waals surface area contributed by atoms with E-state index in [4.69, 9.17) is 34.8 Å². The molecule has 1 saturated heterocycles. The smallest absolute Gasteiger partial charge is 0.256 e. The Morgan fingerprint density at radius 1 is 0.957 bits per heavy atom. The Morgan fingerprint density at radius 2 is 1.70 bits per heavy atom. The van der Waals surface area contributed by atoms with Gasteiger partial charge in [-0.3, -0.25) is 9.59 Å². The van der Waals surface area contributed by atoms with Gasteiger partial charge in [0.2, 0.25) is 5.91 Å². The minimum absolute atomic E-state index is 0.0459. The number of halogens is 3. The molecule has 1 fully saturated rings. The van der Waals surface area contributed by atoms with Gasteiger partial charge >= 0.3 is 0 Å². The number of anilines is 2. The standard InChI is InChI=1S/C16H11Cl3N2O2/c17-10-6-5-9(7-12(10)19)21-15(22)8-14(16(21)23)20-13-4-2-1-3-11(13)18/h1-7,14,20H,8H2/t14-/m0/s1. The number of para-hydroxylation sites is 1. The van der Waals surface area contributed by atoms with Crippen molar-refractivity contribution >= 4 is 58.0 Å². The summed E-state index contributed by atoms with van der Waals surface area (Å²) in [5.74, 6) is -0.661. The van der Waals surface area contributed by atoms with Gasteiger partial charge in [0, 0.05) is 0 Å². The lowest BCUT2D eigenvalue weighted by Crippen LogP contribution is -2.34. The minimum Gasteiger partial charge on any atom is -0.372 e. The summed E-state index contributed by atoms with van der Waals surface area (Å²) in [7, 11) is 0. The second kappa shape index (κ2) is 6.40. The van der Waals surface area contributed by atoms with E-state index in [9.17, 15) is 9.59 Å². The quantitative estimate of drug-likeness (QED) is 0.816. The molecule has 1 heterocycles. The maximum Gasteiger partial charge on any atom is 0.256 e. The van der Waals surface area contributed by atoms with Crippen LogP contribution in [0.4, 0.5) is 11.4 Å². The van der Waals surface area contributed by atoms with Crippen molar-refractivity contribution in [3.63, 3.8) is 0 Å². The second-order valence-corrected chi connectivity index (χ2v) is 6.27. The van der Waals surface area contributed by atoms with Gasteiger partial charge in [0.25, 0.3) is 5.91 Å². The van der Waals surface area contributed by atoms with Crippen molar-refractivity contribution in [3.8, 4) is 0 Å². The molecule has 2 aromatic carbocycles. The molecule has 0 bridgehead atoms. The first-order valence-electron chi connectivity index (χ1n) is 6.80. The fourth-order valence-corrected chi connectivity index (χ4v) is 2.89. The summed E-state index contributed by atoms with van der Waals surface area (Å²) >= 11 is 17.9. The number of carbonyl (C=O) groups excluding carboxylic acids is 2. The monoisotopic (exact) mass is 368 g/mol. The summed E-state index contributed by atoms with van der Waals surface area (Å²) in [4.78, 5) is 25.9. The zero-order valence-electron chi connectivity index (χ0n) is 11.7. The van der Waals surface area contributed by atoms with Gasteiger partial charge in [0.05, 0.1) is 32.9 Å². The van der Waals surface area contributed by atoms with Gasteiger partial charge in [-0.1, -0.05) is 46.9 Å². The predicted octanol–water partition coefficient (Wildman–Crippen LogP) is 4.39. The summed E-state index contributed by atoms with van der Waals surface area (Å²) in [6.07, 6.45) is 0.0459. The highest BCUT2D eigenvalue weighted by molar-refractivity contribution is 6.42. The van der Waals surface area contributed by atoms with E-state index in [0.717, 1.165) is 4.90 Å². The molecule has 1 N–H and O–H groups in total. The predicted molar refractivity (Wildman–Crippen MR) is 92.4 cm³/mol. The number of nitrogens with zero attached hydrogens (tertiary/aromatic N) is 1. The molecule has 0 spiro atoms. The number of hydrogen-bond donors (Lipinski definition) is 1. The number of nitrogens with one attached hydrogen (secondary N) is 1. The second-order valence-electron chi connectivity index (χ2n) is 5.05. The molecule has 0 radical (unpaired) electrons. The van der Waals surface area contributed by atoms with Gasteiger partial charge < -0.3 is 5.32 Å². The van der Waals surface area contributed by atoms with Gasteiger partial charge in [-0.25, -0.2) is 4.90 Å². The highest BCUT2D eigenvalue weighted by Crippen LogP contribution is 2.31. The molecule has 2 amide bonds. The van der Waals surface area contributed by atoms with Gasteiger partial charge in [0.1, 0.15) is 6.04 Å². The zero-order valence-corrected chi connectivity index (χ0v) is 14.0. The SMILES string of the molecule is O=C1C[C@H](Nc2ccccc2Cl)C(=O)N1c1ccc(Cl)c(Cl)c1. The van der Waals surface area contributed by atoms with E-state index in [1.807, 2.05) is 0 Å². The lowest BCUT2D eigenvalue weighted by molar-refractivity contribution is -0.121. The maximum atomic E-state index is 12.6. The Kier molecular flexibility index (Phi) is 4.48. The van der Waals surface area contributed by atoms with Crippen LogP contribution in [0.1, 0.15) is 6.42 Å². The van der Waals surface area contributed by atoms with Crippen molar-refractivity contribution in [2.45, 2.75) is 12.5 Å². The fraction of sp³-hybridized carbons (Fsp3) is 0.125. The molecule has 2 aromatic rings. The third-order valence-corrected chi connectivity index (χ3v) is 4.58. The first kappa shape index (κ1) is 16.1. The third-order valence-electron chi connectivity index (χ3n) is 3.51. The Labute approximate surface area is 147 Å². The molecule has 4 nitrogen and oxygen atoms in total. The van der Waals surface area contributed by atoms with Gasteiger partial charge in [-0.15, -0.1) is 0 Å². The van der Waals surface area contributed by atoms with E-state index >= 15 is 0 Å². The van der Waals surface area contributed by atoms with Gasteiger partial charge in [0.15, 0.2) is 0 Å². The van der Waals surface area contributed by atoms with E-state index in [2.05, 4.69) is 5.32 Å². The molecule has 118 valence electrons. The first-order valence-corrected chi connectivity index (χ1v) is 7.93. The molecule has 0 aromatic heterocycles. The van der Waals surface area contributed by atoms with Crippen LogP contribution >= 0.6 is 34.8 Å². The highest BCUT2D eigenvalue weighted by atomic mass is 35.5. The van der Waals surface area contributed by atoms with E-state index in [0.29, 0.717) is 21.4 Å². The van der Waals surface area contributed by atoms with Crippen molar-refractivity contribution in [2.24, 2.45) is 0 Å². The summed E-state index contributed by atoms with van der Waals surface area (Å²) in [5.41, 5.74) is 1.01. The van der Waals surface area contributed by atoms with Gasteiger partial charge in [-0.2, -0.15) is 0 Å². The van der Waals surface area contributed by atoms with Crippen LogP contribution in [0.25, 0.3) is 0 Å². The van der Waals surface area contributed by atoms with E-state index in [1.54, 1.807) is 36.4 Å². The van der Waals surface area contributed by atoms with E-state index in [-0.39, 0.29) is 23.3 Å². The molecule has 1 atom stereocenters. The molecule has 1 aliphatic rings. The van der Waals surface area contributed by atoms with Crippen molar-refractivity contribution in [3.05, 3.63) is 57.5 Å². The molecule has 3 rings (SSSR count). The largest absolute Gasteiger partial charge is 0.372 e. The normalized spacial score (nSPS) is 17.7.